The molecule has 0 saturated carbocycles. The van der Waals surface area contributed by atoms with Crippen molar-refractivity contribution in [1.29, 1.82) is 0 Å². The van der Waals surface area contributed by atoms with Crippen molar-refractivity contribution in [3.05, 3.63) is 59.9 Å². The average Bonchev–Trinajstić information content (AvgIpc) is 3.01. The second-order valence-electron chi connectivity index (χ2n) is 6.06. The van der Waals surface area contributed by atoms with E-state index in [0.29, 0.717) is 11.5 Å². The summed E-state index contributed by atoms with van der Waals surface area (Å²) in [7, 11) is -1.64. The second-order valence-corrected chi connectivity index (χ2v) is 8.31. The van der Waals surface area contributed by atoms with Gasteiger partial charge in [-0.05, 0) is 31.2 Å². The van der Waals surface area contributed by atoms with Crippen LogP contribution in [-0.2, 0) is 16.9 Å². The lowest BCUT2D eigenvalue weighted by Crippen LogP contribution is -2.17. The Labute approximate surface area is 158 Å². The summed E-state index contributed by atoms with van der Waals surface area (Å²) in [6, 6.07) is 13.4. The van der Waals surface area contributed by atoms with Crippen LogP contribution in [0.4, 0.5) is 5.69 Å². The van der Waals surface area contributed by atoms with Crippen molar-refractivity contribution in [1.82, 2.24) is 14.8 Å². The van der Waals surface area contributed by atoms with Crippen LogP contribution in [0.1, 0.15) is 23.1 Å². The highest BCUT2D eigenvalue weighted by atomic mass is 32.2. The fourth-order valence-electron chi connectivity index (χ4n) is 2.67. The number of carbonyl (C=O) groups is 1. The van der Waals surface area contributed by atoms with Gasteiger partial charge in [0.25, 0.3) is 5.91 Å². The molecule has 27 heavy (non-hydrogen) atoms. The summed E-state index contributed by atoms with van der Waals surface area (Å²) >= 11 is 0. The van der Waals surface area contributed by atoms with Crippen LogP contribution < -0.4 is 5.32 Å². The number of nitrogens with one attached hydrogen (secondary N) is 1. The molecule has 140 valence electrons. The topological polar surface area (TPSA) is 93.9 Å². The third kappa shape index (κ3) is 3.75. The Balaban J connectivity index is 1.92. The van der Waals surface area contributed by atoms with Crippen molar-refractivity contribution < 1.29 is 13.2 Å². The van der Waals surface area contributed by atoms with Gasteiger partial charge in [0.05, 0.1) is 16.2 Å². The molecule has 0 spiro atoms. The van der Waals surface area contributed by atoms with Crippen molar-refractivity contribution >= 4 is 21.4 Å². The quantitative estimate of drug-likeness (QED) is 0.730. The highest BCUT2D eigenvalue weighted by Gasteiger charge is 2.20. The zero-order valence-electron chi connectivity index (χ0n) is 15.3. The van der Waals surface area contributed by atoms with Crippen LogP contribution in [0.15, 0.2) is 53.4 Å². The molecule has 0 aliphatic rings. The third-order valence-electron chi connectivity index (χ3n) is 4.32. The Morgan fingerprint density at radius 3 is 2.52 bits per heavy atom. The SMILES string of the molecule is CCS(=O)(=O)c1ccccc1C(=O)Nc1cccc(-c2nnc(C)n2C)c1. The van der Waals surface area contributed by atoms with Crippen molar-refractivity contribution in [3.63, 3.8) is 0 Å². The number of hydrogen-bond acceptors (Lipinski definition) is 5. The summed E-state index contributed by atoms with van der Waals surface area (Å²) in [4.78, 5) is 12.7. The molecule has 1 aromatic heterocycles. The van der Waals surface area contributed by atoms with E-state index in [2.05, 4.69) is 15.5 Å². The summed E-state index contributed by atoms with van der Waals surface area (Å²) in [5.41, 5.74) is 1.46. The molecule has 0 aliphatic heterocycles. The fourth-order valence-corrected chi connectivity index (χ4v) is 3.77. The van der Waals surface area contributed by atoms with Gasteiger partial charge in [-0.25, -0.2) is 8.42 Å². The largest absolute Gasteiger partial charge is 0.322 e. The van der Waals surface area contributed by atoms with Crippen LogP contribution >= 0.6 is 0 Å². The molecule has 0 aliphatic carbocycles. The zero-order chi connectivity index (χ0) is 19.6. The number of rotatable bonds is 5. The standard InChI is InChI=1S/C19H20N4O3S/c1-4-27(25,26)17-11-6-5-10-16(17)19(24)20-15-9-7-8-14(12-15)18-22-21-13(2)23(18)3/h5-12H,4H2,1-3H3,(H,20,24). The molecule has 0 unspecified atom stereocenters. The monoisotopic (exact) mass is 384 g/mol. The van der Waals surface area contributed by atoms with Crippen molar-refractivity contribution in [2.45, 2.75) is 18.7 Å². The Kier molecular flexibility index (Phi) is 5.09. The third-order valence-corrected chi connectivity index (χ3v) is 6.10. The van der Waals surface area contributed by atoms with Gasteiger partial charge in [-0.2, -0.15) is 0 Å². The van der Waals surface area contributed by atoms with E-state index in [4.69, 9.17) is 0 Å². The predicted molar refractivity (Wildman–Crippen MR) is 103 cm³/mol. The number of aromatic nitrogens is 3. The molecule has 8 heteroatoms. The van der Waals surface area contributed by atoms with E-state index in [1.807, 2.05) is 24.6 Å². The van der Waals surface area contributed by atoms with Gasteiger partial charge in [0, 0.05) is 18.3 Å². The maximum absolute atomic E-state index is 12.7. The van der Waals surface area contributed by atoms with Crippen LogP contribution in [-0.4, -0.2) is 34.8 Å². The molecule has 2 aromatic carbocycles. The lowest BCUT2D eigenvalue weighted by molar-refractivity contribution is 0.102. The summed E-state index contributed by atoms with van der Waals surface area (Å²) in [5.74, 6) is 0.905. The van der Waals surface area contributed by atoms with Gasteiger partial charge in [0.2, 0.25) is 0 Å². The molecule has 1 N–H and O–H groups in total. The van der Waals surface area contributed by atoms with Crippen molar-refractivity contribution in [2.75, 3.05) is 11.1 Å². The van der Waals surface area contributed by atoms with E-state index in [0.717, 1.165) is 11.4 Å². The molecule has 1 heterocycles. The highest BCUT2D eigenvalue weighted by molar-refractivity contribution is 7.91. The maximum atomic E-state index is 12.7. The first-order valence-corrected chi connectivity index (χ1v) is 10.1. The highest BCUT2D eigenvalue weighted by Crippen LogP contribution is 2.23. The molecule has 7 nitrogen and oxygen atoms in total. The van der Waals surface area contributed by atoms with E-state index < -0.39 is 15.7 Å². The van der Waals surface area contributed by atoms with Crippen LogP contribution in [0, 0.1) is 6.92 Å². The number of sulfone groups is 1. The molecule has 0 atom stereocenters. The Bertz CT molecular complexity index is 1100. The molecular weight excluding hydrogens is 364 g/mol. The molecule has 0 saturated heterocycles. The smallest absolute Gasteiger partial charge is 0.256 e. The number of carbonyl (C=O) groups excluding carboxylic acids is 1. The minimum atomic E-state index is -3.50. The van der Waals surface area contributed by atoms with Gasteiger partial charge in [-0.15, -0.1) is 10.2 Å². The normalized spacial score (nSPS) is 11.4. The molecule has 0 radical (unpaired) electrons. The summed E-state index contributed by atoms with van der Waals surface area (Å²) in [5, 5.41) is 11.0. The molecule has 1 amide bonds. The van der Waals surface area contributed by atoms with Gasteiger partial charge in [0.1, 0.15) is 5.82 Å². The number of benzene rings is 2. The first-order chi connectivity index (χ1) is 12.8. The van der Waals surface area contributed by atoms with Crippen LogP contribution in [0.25, 0.3) is 11.4 Å². The summed E-state index contributed by atoms with van der Waals surface area (Å²) < 4.78 is 26.4. The average molecular weight is 384 g/mol. The van der Waals surface area contributed by atoms with Gasteiger partial charge in [0.15, 0.2) is 15.7 Å². The van der Waals surface area contributed by atoms with Gasteiger partial charge >= 0.3 is 0 Å². The fraction of sp³-hybridized carbons (Fsp3) is 0.211. The minimum absolute atomic E-state index is 0.0325. The lowest BCUT2D eigenvalue weighted by atomic mass is 10.1. The first kappa shape index (κ1) is 18.8. The predicted octanol–water partition coefficient (Wildman–Crippen LogP) is 2.84. The van der Waals surface area contributed by atoms with Crippen LogP contribution in [0.3, 0.4) is 0 Å². The lowest BCUT2D eigenvalue weighted by Gasteiger charge is -2.11. The van der Waals surface area contributed by atoms with Gasteiger partial charge in [-0.3, -0.25) is 4.79 Å². The number of aryl methyl sites for hydroxylation is 1. The molecular formula is C19H20N4O3S. The molecule has 0 bridgehead atoms. The Morgan fingerprint density at radius 2 is 1.85 bits per heavy atom. The van der Waals surface area contributed by atoms with Crippen molar-refractivity contribution in [3.8, 4) is 11.4 Å². The number of amides is 1. The molecule has 0 fully saturated rings. The maximum Gasteiger partial charge on any atom is 0.256 e. The van der Waals surface area contributed by atoms with E-state index >= 15 is 0 Å². The number of anilines is 1. The van der Waals surface area contributed by atoms with Crippen molar-refractivity contribution in [2.24, 2.45) is 7.05 Å². The summed E-state index contributed by atoms with van der Waals surface area (Å²) in [6.45, 7) is 3.41. The number of hydrogen-bond donors (Lipinski definition) is 1. The van der Waals surface area contributed by atoms with Crippen LogP contribution in [0.5, 0.6) is 0 Å². The van der Waals surface area contributed by atoms with Gasteiger partial charge in [-0.1, -0.05) is 31.2 Å². The van der Waals surface area contributed by atoms with Gasteiger partial charge < -0.3 is 9.88 Å². The van der Waals surface area contributed by atoms with E-state index in [9.17, 15) is 13.2 Å². The minimum Gasteiger partial charge on any atom is -0.322 e. The second kappa shape index (κ2) is 7.32. The van der Waals surface area contributed by atoms with E-state index in [-0.39, 0.29) is 16.2 Å². The van der Waals surface area contributed by atoms with E-state index in [1.165, 1.54) is 12.1 Å². The number of nitrogens with zero attached hydrogens (tertiary/aromatic N) is 3. The molecule has 3 aromatic rings. The summed E-state index contributed by atoms with van der Waals surface area (Å²) in [6.07, 6.45) is 0. The first-order valence-electron chi connectivity index (χ1n) is 8.43. The Morgan fingerprint density at radius 1 is 1.11 bits per heavy atom. The zero-order valence-corrected chi connectivity index (χ0v) is 16.1. The van der Waals surface area contributed by atoms with Crippen LogP contribution in [0.2, 0.25) is 0 Å². The Hall–Kier alpha value is -3.00. The molecule has 3 rings (SSSR count). The van der Waals surface area contributed by atoms with E-state index in [1.54, 1.807) is 37.3 Å².